The minimum atomic E-state index is -0.0679. The summed E-state index contributed by atoms with van der Waals surface area (Å²) in [6.45, 7) is 6.94. The Morgan fingerprint density at radius 3 is 2.68 bits per heavy atom. The molecule has 0 bridgehead atoms. The molecule has 2 fully saturated rings. The van der Waals surface area contributed by atoms with E-state index in [1.165, 1.54) is 29.8 Å². The molecule has 34 heavy (non-hydrogen) atoms. The lowest BCUT2D eigenvalue weighted by molar-refractivity contribution is -0.116. The van der Waals surface area contributed by atoms with Gasteiger partial charge in [-0.25, -0.2) is 0 Å². The number of benzene rings is 1. The van der Waals surface area contributed by atoms with Crippen LogP contribution in [-0.2, 0) is 4.79 Å². The average Bonchev–Trinajstić information content (AvgIpc) is 3.53. The number of anilines is 1. The van der Waals surface area contributed by atoms with Crippen molar-refractivity contribution < 1.29 is 4.79 Å². The maximum atomic E-state index is 12.8. The fourth-order valence-corrected chi connectivity index (χ4v) is 5.48. The minimum Gasteiger partial charge on any atom is -0.352 e. The van der Waals surface area contributed by atoms with Crippen LogP contribution in [0.2, 0.25) is 0 Å². The van der Waals surface area contributed by atoms with E-state index in [9.17, 15) is 4.79 Å². The predicted octanol–water partition coefficient (Wildman–Crippen LogP) is 5.14. The van der Waals surface area contributed by atoms with Crippen LogP contribution in [-0.4, -0.2) is 32.0 Å². The van der Waals surface area contributed by atoms with Gasteiger partial charge in [0.2, 0.25) is 5.91 Å². The van der Waals surface area contributed by atoms with Gasteiger partial charge in [0.1, 0.15) is 0 Å². The SMILES string of the molecule is Cc1cccc(NC(=O)CCN2C(=S)NC(c3ccccn3)C2c2cc(C)n(C3CC3)c2C)c1. The Kier molecular flexibility index (Phi) is 6.13. The molecule has 3 heterocycles. The number of hydrogen-bond donors (Lipinski definition) is 2. The molecule has 3 aromatic rings. The molecule has 7 heteroatoms. The highest BCUT2D eigenvalue weighted by Crippen LogP contribution is 2.44. The van der Waals surface area contributed by atoms with Gasteiger partial charge >= 0.3 is 0 Å². The number of nitrogens with zero attached hydrogens (tertiary/aromatic N) is 3. The van der Waals surface area contributed by atoms with Crippen molar-refractivity contribution in [2.75, 3.05) is 11.9 Å². The second-order valence-corrected chi connectivity index (χ2v) is 9.80. The van der Waals surface area contributed by atoms with E-state index in [4.69, 9.17) is 12.2 Å². The lowest BCUT2D eigenvalue weighted by Crippen LogP contribution is -2.32. The number of thiocarbonyl (C=S) groups is 1. The normalized spacial score (nSPS) is 19.9. The smallest absolute Gasteiger partial charge is 0.226 e. The first-order valence-electron chi connectivity index (χ1n) is 12.0. The summed E-state index contributed by atoms with van der Waals surface area (Å²) < 4.78 is 2.47. The van der Waals surface area contributed by atoms with Gasteiger partial charge in [-0.1, -0.05) is 18.2 Å². The molecule has 0 radical (unpaired) electrons. The fraction of sp³-hybridized carbons (Fsp3) is 0.370. The first kappa shape index (κ1) is 22.6. The lowest BCUT2D eigenvalue weighted by atomic mass is 9.96. The summed E-state index contributed by atoms with van der Waals surface area (Å²) in [6.07, 6.45) is 4.65. The molecule has 1 aromatic carbocycles. The molecule has 176 valence electrons. The topological polar surface area (TPSA) is 62.2 Å². The lowest BCUT2D eigenvalue weighted by Gasteiger charge is -2.28. The monoisotopic (exact) mass is 473 g/mol. The molecule has 6 nitrogen and oxygen atoms in total. The van der Waals surface area contributed by atoms with Crippen molar-refractivity contribution in [3.05, 3.63) is 82.9 Å². The van der Waals surface area contributed by atoms with Crippen LogP contribution in [0.1, 0.15) is 65.6 Å². The second-order valence-electron chi connectivity index (χ2n) is 9.42. The zero-order chi connectivity index (χ0) is 23.8. The summed E-state index contributed by atoms with van der Waals surface area (Å²) in [6, 6.07) is 16.7. The van der Waals surface area contributed by atoms with Crippen LogP contribution in [0.25, 0.3) is 0 Å². The van der Waals surface area contributed by atoms with Gasteiger partial charge in [-0.3, -0.25) is 9.78 Å². The van der Waals surface area contributed by atoms with Crippen LogP contribution < -0.4 is 10.6 Å². The molecule has 2 aliphatic rings. The summed E-state index contributed by atoms with van der Waals surface area (Å²) in [7, 11) is 0. The van der Waals surface area contributed by atoms with Gasteiger partial charge in [-0.15, -0.1) is 0 Å². The molecule has 1 aliphatic carbocycles. The van der Waals surface area contributed by atoms with Crippen molar-refractivity contribution >= 4 is 28.9 Å². The Morgan fingerprint density at radius 2 is 1.97 bits per heavy atom. The van der Waals surface area contributed by atoms with Crippen LogP contribution in [0.4, 0.5) is 5.69 Å². The molecule has 5 rings (SSSR count). The highest BCUT2D eigenvalue weighted by atomic mass is 32.1. The van der Waals surface area contributed by atoms with E-state index in [1.807, 2.05) is 55.6 Å². The number of aryl methyl sites for hydroxylation is 2. The maximum Gasteiger partial charge on any atom is 0.226 e. The van der Waals surface area contributed by atoms with Crippen molar-refractivity contribution in [2.45, 2.75) is 58.2 Å². The number of hydrogen-bond acceptors (Lipinski definition) is 3. The number of pyridine rings is 1. The number of aromatic nitrogens is 2. The average molecular weight is 474 g/mol. The number of nitrogens with one attached hydrogen (secondary N) is 2. The number of amides is 1. The van der Waals surface area contributed by atoms with Gasteiger partial charge < -0.3 is 20.1 Å². The Balaban J connectivity index is 1.41. The Morgan fingerprint density at radius 1 is 1.15 bits per heavy atom. The molecule has 1 saturated carbocycles. The van der Waals surface area contributed by atoms with Crippen LogP contribution in [0.3, 0.4) is 0 Å². The van der Waals surface area contributed by atoms with E-state index in [1.54, 1.807) is 0 Å². The third-order valence-electron chi connectivity index (χ3n) is 6.83. The number of carbonyl (C=O) groups excluding carboxylic acids is 1. The molecular weight excluding hydrogens is 442 g/mol. The van der Waals surface area contributed by atoms with Gasteiger partial charge in [-0.2, -0.15) is 0 Å². The van der Waals surface area contributed by atoms with E-state index in [2.05, 4.69) is 45.0 Å². The Hall–Kier alpha value is -3.19. The summed E-state index contributed by atoms with van der Waals surface area (Å²) in [5, 5.41) is 7.19. The molecule has 2 unspecified atom stereocenters. The predicted molar refractivity (Wildman–Crippen MR) is 139 cm³/mol. The Bertz CT molecular complexity index is 1220. The third kappa shape index (κ3) is 4.44. The van der Waals surface area contributed by atoms with Gasteiger partial charge in [0.05, 0.1) is 17.8 Å². The summed E-state index contributed by atoms with van der Waals surface area (Å²) in [5.74, 6) is -0.0168. The molecule has 1 amide bonds. The quantitative estimate of drug-likeness (QED) is 0.465. The number of rotatable bonds is 7. The van der Waals surface area contributed by atoms with Crippen molar-refractivity contribution in [1.29, 1.82) is 0 Å². The number of carbonyl (C=O) groups is 1. The standard InChI is InChI=1S/C27H31N5OS/c1-17-7-6-8-20(15-17)29-24(33)12-14-31-26(22-16-18(2)32(19(22)3)21-10-11-21)25(30-27(31)34)23-9-4-5-13-28-23/h4-9,13,15-16,21,25-26H,10-12,14H2,1-3H3,(H,29,33)(H,30,34). The van der Waals surface area contributed by atoms with Crippen molar-refractivity contribution in [3.63, 3.8) is 0 Å². The van der Waals surface area contributed by atoms with Crippen LogP contribution in [0.15, 0.2) is 54.7 Å². The van der Waals surface area contributed by atoms with E-state index < -0.39 is 0 Å². The molecule has 2 atom stereocenters. The van der Waals surface area contributed by atoms with Crippen molar-refractivity contribution in [1.82, 2.24) is 19.8 Å². The minimum absolute atomic E-state index is 0.0168. The largest absolute Gasteiger partial charge is 0.352 e. The molecule has 1 saturated heterocycles. The van der Waals surface area contributed by atoms with Crippen LogP contribution in [0.5, 0.6) is 0 Å². The van der Waals surface area contributed by atoms with Gasteiger partial charge in [-0.05, 0) is 87.3 Å². The summed E-state index contributed by atoms with van der Waals surface area (Å²) >= 11 is 5.79. The van der Waals surface area contributed by atoms with Gasteiger partial charge in [0.25, 0.3) is 0 Å². The molecule has 2 N–H and O–H groups in total. The fourth-order valence-electron chi connectivity index (χ4n) is 5.15. The molecular formula is C27H31N5OS. The summed E-state index contributed by atoms with van der Waals surface area (Å²) in [4.78, 5) is 19.6. The van der Waals surface area contributed by atoms with E-state index in [0.29, 0.717) is 24.1 Å². The van der Waals surface area contributed by atoms with E-state index >= 15 is 0 Å². The molecule has 0 spiro atoms. The van der Waals surface area contributed by atoms with E-state index in [-0.39, 0.29) is 18.0 Å². The first-order valence-corrected chi connectivity index (χ1v) is 12.4. The zero-order valence-electron chi connectivity index (χ0n) is 19.9. The first-order chi connectivity index (χ1) is 16.4. The summed E-state index contributed by atoms with van der Waals surface area (Å²) in [5.41, 5.74) is 6.72. The van der Waals surface area contributed by atoms with Gasteiger partial charge in [0, 0.05) is 42.3 Å². The molecule has 2 aromatic heterocycles. The van der Waals surface area contributed by atoms with E-state index in [0.717, 1.165) is 16.9 Å². The van der Waals surface area contributed by atoms with Crippen LogP contribution >= 0.6 is 12.2 Å². The third-order valence-corrected chi connectivity index (χ3v) is 7.19. The highest BCUT2D eigenvalue weighted by molar-refractivity contribution is 7.80. The highest BCUT2D eigenvalue weighted by Gasteiger charge is 2.42. The second kappa shape index (κ2) is 9.22. The zero-order valence-corrected chi connectivity index (χ0v) is 20.7. The maximum absolute atomic E-state index is 12.8. The van der Waals surface area contributed by atoms with Gasteiger partial charge in [0.15, 0.2) is 5.11 Å². The van der Waals surface area contributed by atoms with Crippen LogP contribution in [0, 0.1) is 20.8 Å². The molecule has 1 aliphatic heterocycles. The van der Waals surface area contributed by atoms with Crippen molar-refractivity contribution in [3.8, 4) is 0 Å². The van der Waals surface area contributed by atoms with Crippen molar-refractivity contribution in [2.24, 2.45) is 0 Å². The Labute approximate surface area is 206 Å².